The Balaban J connectivity index is 1.51. The zero-order valence-electron chi connectivity index (χ0n) is 18.0. The number of nitrogens with one attached hydrogen (secondary N) is 1. The van der Waals surface area contributed by atoms with Gasteiger partial charge in [0.25, 0.3) is 11.8 Å². The molecule has 32 heavy (non-hydrogen) atoms. The van der Waals surface area contributed by atoms with Crippen LogP contribution in [0.3, 0.4) is 0 Å². The fourth-order valence-corrected chi connectivity index (χ4v) is 3.71. The van der Waals surface area contributed by atoms with Crippen LogP contribution in [0.4, 0.5) is 11.5 Å². The van der Waals surface area contributed by atoms with Crippen molar-refractivity contribution in [1.82, 2.24) is 9.88 Å². The van der Waals surface area contributed by atoms with Gasteiger partial charge in [0, 0.05) is 36.0 Å². The van der Waals surface area contributed by atoms with Crippen LogP contribution in [-0.2, 0) is 17.8 Å². The monoisotopic (exact) mass is 428 g/mol. The van der Waals surface area contributed by atoms with E-state index in [2.05, 4.69) is 10.3 Å². The predicted octanol–water partition coefficient (Wildman–Crippen LogP) is 3.38. The minimum absolute atomic E-state index is 0.0377. The fourth-order valence-electron chi connectivity index (χ4n) is 3.71. The molecule has 4 rings (SSSR count). The van der Waals surface area contributed by atoms with Crippen molar-refractivity contribution in [2.75, 3.05) is 11.1 Å². The molecule has 2 aromatic carbocycles. The maximum absolute atomic E-state index is 13.2. The lowest BCUT2D eigenvalue weighted by Crippen LogP contribution is -2.41. The molecule has 3 N–H and O–H groups in total. The lowest BCUT2D eigenvalue weighted by molar-refractivity contribution is -0.122. The molecule has 162 valence electrons. The van der Waals surface area contributed by atoms with Gasteiger partial charge in [0.15, 0.2) is 5.78 Å². The number of aryl methyl sites for hydroxylation is 1. The summed E-state index contributed by atoms with van der Waals surface area (Å²) >= 11 is 0. The summed E-state index contributed by atoms with van der Waals surface area (Å²) in [7, 11) is 0. The van der Waals surface area contributed by atoms with Crippen LogP contribution in [0.5, 0.6) is 0 Å². The molecule has 1 aromatic heterocycles. The van der Waals surface area contributed by atoms with Crippen LogP contribution in [0, 0.1) is 6.92 Å². The number of fused-ring (bicyclic) bond motifs is 1. The van der Waals surface area contributed by atoms with Gasteiger partial charge in [0.1, 0.15) is 5.82 Å². The molecular weight excluding hydrogens is 404 g/mol. The lowest BCUT2D eigenvalue weighted by atomic mass is 10.0. The van der Waals surface area contributed by atoms with Gasteiger partial charge in [0.05, 0.1) is 6.04 Å². The molecule has 1 aliphatic rings. The summed E-state index contributed by atoms with van der Waals surface area (Å²) in [6.45, 7) is 3.93. The fraction of sp³-hybridized carbons (Fsp3) is 0.200. The van der Waals surface area contributed by atoms with Gasteiger partial charge in [-0.05, 0) is 66.9 Å². The van der Waals surface area contributed by atoms with Crippen molar-refractivity contribution in [2.24, 2.45) is 0 Å². The van der Waals surface area contributed by atoms with Crippen molar-refractivity contribution >= 4 is 29.1 Å². The molecule has 2 amide bonds. The number of hydrogen-bond acceptors (Lipinski definition) is 5. The largest absolute Gasteiger partial charge is 0.399 e. The average molecular weight is 428 g/mol. The molecule has 0 aliphatic carbocycles. The Labute approximate surface area is 186 Å². The molecule has 0 bridgehead atoms. The van der Waals surface area contributed by atoms with Crippen molar-refractivity contribution in [1.29, 1.82) is 0 Å². The number of nitrogen functional groups attached to an aromatic ring is 1. The van der Waals surface area contributed by atoms with E-state index in [0.717, 1.165) is 11.1 Å². The van der Waals surface area contributed by atoms with E-state index in [-0.39, 0.29) is 30.6 Å². The number of benzene rings is 2. The summed E-state index contributed by atoms with van der Waals surface area (Å²) in [4.78, 5) is 44.1. The summed E-state index contributed by atoms with van der Waals surface area (Å²) in [5.41, 5.74) is 9.83. The number of pyridine rings is 1. The van der Waals surface area contributed by atoms with Gasteiger partial charge in [-0.1, -0.05) is 18.2 Å². The predicted molar refractivity (Wildman–Crippen MR) is 122 cm³/mol. The summed E-state index contributed by atoms with van der Waals surface area (Å²) in [5, 5.41) is 2.76. The highest BCUT2D eigenvalue weighted by Gasteiger charge is 2.32. The molecule has 0 fully saturated rings. The minimum Gasteiger partial charge on any atom is -0.399 e. The van der Waals surface area contributed by atoms with Gasteiger partial charge < -0.3 is 16.0 Å². The van der Waals surface area contributed by atoms with E-state index in [1.165, 1.54) is 0 Å². The third kappa shape index (κ3) is 4.37. The van der Waals surface area contributed by atoms with Gasteiger partial charge in [-0.2, -0.15) is 0 Å². The first-order valence-corrected chi connectivity index (χ1v) is 10.4. The van der Waals surface area contributed by atoms with E-state index in [1.54, 1.807) is 66.6 Å². The number of anilines is 2. The molecular formula is C25H24N4O3. The van der Waals surface area contributed by atoms with Gasteiger partial charge in [0.2, 0.25) is 0 Å². The van der Waals surface area contributed by atoms with Crippen molar-refractivity contribution in [2.45, 2.75) is 32.9 Å². The first-order chi connectivity index (χ1) is 15.3. The minimum atomic E-state index is -0.563. The SMILES string of the molecule is Cc1ccc(NC(=O)c2ccc(CN3C(=O)c4ccc(N)cc4CC(=O)[C@H]3C)cc2)nc1. The van der Waals surface area contributed by atoms with Crippen LogP contribution in [0.1, 0.15) is 44.3 Å². The van der Waals surface area contributed by atoms with Gasteiger partial charge in [-0.3, -0.25) is 14.4 Å². The molecule has 0 saturated heterocycles. The topological polar surface area (TPSA) is 105 Å². The third-order valence-corrected chi connectivity index (χ3v) is 5.64. The second kappa shape index (κ2) is 8.63. The van der Waals surface area contributed by atoms with Crippen molar-refractivity contribution < 1.29 is 14.4 Å². The highest BCUT2D eigenvalue weighted by molar-refractivity contribution is 6.04. The molecule has 0 saturated carbocycles. The smallest absolute Gasteiger partial charge is 0.256 e. The number of nitrogens with zero attached hydrogens (tertiary/aromatic N) is 2. The summed E-state index contributed by atoms with van der Waals surface area (Å²) in [6, 6.07) is 15.1. The van der Waals surface area contributed by atoms with Gasteiger partial charge >= 0.3 is 0 Å². The Hall–Kier alpha value is -4.00. The summed E-state index contributed by atoms with van der Waals surface area (Å²) in [5.74, 6) is -0.0322. The van der Waals surface area contributed by atoms with Crippen LogP contribution in [0.2, 0.25) is 0 Å². The normalized spacial score (nSPS) is 15.8. The zero-order chi connectivity index (χ0) is 22.8. The molecule has 1 atom stereocenters. The van der Waals surface area contributed by atoms with Crippen LogP contribution >= 0.6 is 0 Å². The number of Topliss-reactive ketones (excluding diaryl/α,β-unsaturated/α-hetero) is 1. The first kappa shape index (κ1) is 21.2. The third-order valence-electron chi connectivity index (χ3n) is 5.64. The highest BCUT2D eigenvalue weighted by Crippen LogP contribution is 2.24. The maximum Gasteiger partial charge on any atom is 0.256 e. The Morgan fingerprint density at radius 2 is 1.88 bits per heavy atom. The van der Waals surface area contributed by atoms with Crippen LogP contribution < -0.4 is 11.1 Å². The van der Waals surface area contributed by atoms with E-state index < -0.39 is 6.04 Å². The molecule has 0 radical (unpaired) electrons. The zero-order valence-corrected chi connectivity index (χ0v) is 18.0. The standard InChI is InChI=1S/C25H24N4O3/c1-15-3-10-23(27-13-15)28-24(31)18-6-4-17(5-7-18)14-29-16(2)22(30)12-19-11-20(26)8-9-21(19)25(29)32/h3-11,13,16H,12,14,26H2,1-2H3,(H,27,28,31)/t16-/m1/s1. The quantitative estimate of drug-likeness (QED) is 0.620. The average Bonchev–Trinajstić information content (AvgIpc) is 2.86. The van der Waals surface area contributed by atoms with Crippen LogP contribution in [-0.4, -0.2) is 33.5 Å². The lowest BCUT2D eigenvalue weighted by Gasteiger charge is -2.26. The second-order valence-electron chi connectivity index (χ2n) is 8.04. The number of aromatic nitrogens is 1. The number of carbonyl (C=O) groups excluding carboxylic acids is 3. The van der Waals surface area contributed by atoms with E-state index >= 15 is 0 Å². The Bertz CT molecular complexity index is 1190. The van der Waals surface area contributed by atoms with E-state index in [1.807, 2.05) is 13.0 Å². The molecule has 2 heterocycles. The Morgan fingerprint density at radius 3 is 2.56 bits per heavy atom. The highest BCUT2D eigenvalue weighted by atomic mass is 16.2. The molecule has 3 aromatic rings. The molecule has 7 heteroatoms. The summed E-state index contributed by atoms with van der Waals surface area (Å²) < 4.78 is 0. The van der Waals surface area contributed by atoms with Crippen LogP contribution in [0.15, 0.2) is 60.8 Å². The van der Waals surface area contributed by atoms with Crippen molar-refractivity contribution in [3.8, 4) is 0 Å². The first-order valence-electron chi connectivity index (χ1n) is 10.4. The Morgan fingerprint density at radius 1 is 1.12 bits per heavy atom. The molecule has 1 aliphatic heterocycles. The maximum atomic E-state index is 13.2. The van der Waals surface area contributed by atoms with Gasteiger partial charge in [-0.15, -0.1) is 0 Å². The second-order valence-corrected chi connectivity index (χ2v) is 8.04. The number of amides is 2. The number of carbonyl (C=O) groups is 3. The number of hydrogen-bond donors (Lipinski definition) is 2. The number of rotatable bonds is 4. The molecule has 0 unspecified atom stereocenters. The van der Waals surface area contributed by atoms with Crippen molar-refractivity contribution in [3.63, 3.8) is 0 Å². The molecule has 0 spiro atoms. The van der Waals surface area contributed by atoms with E-state index in [4.69, 9.17) is 5.73 Å². The Kier molecular flexibility index (Phi) is 5.73. The summed E-state index contributed by atoms with van der Waals surface area (Å²) in [6.07, 6.45) is 1.86. The number of ketones is 1. The van der Waals surface area contributed by atoms with E-state index in [0.29, 0.717) is 28.2 Å². The van der Waals surface area contributed by atoms with Crippen LogP contribution in [0.25, 0.3) is 0 Å². The van der Waals surface area contributed by atoms with E-state index in [9.17, 15) is 14.4 Å². The van der Waals surface area contributed by atoms with Gasteiger partial charge in [-0.25, -0.2) is 4.98 Å². The number of nitrogens with two attached hydrogens (primary N) is 1. The molecule has 7 nitrogen and oxygen atoms in total. The van der Waals surface area contributed by atoms with Crippen molar-refractivity contribution in [3.05, 3.63) is 88.6 Å².